The fourth-order valence-corrected chi connectivity index (χ4v) is 7.35. The molecule has 6 heteroatoms. The molecule has 1 atom stereocenters. The van der Waals surface area contributed by atoms with Gasteiger partial charge >= 0.3 is 5.97 Å². The Kier molecular flexibility index (Phi) is 9.52. The van der Waals surface area contributed by atoms with Crippen molar-refractivity contribution in [3.05, 3.63) is 106 Å². The van der Waals surface area contributed by atoms with Crippen molar-refractivity contribution in [1.29, 1.82) is 0 Å². The number of anilines is 1. The van der Waals surface area contributed by atoms with Gasteiger partial charge in [0.15, 0.2) is 6.10 Å². The highest BCUT2D eigenvalue weighted by molar-refractivity contribution is 5.88. The van der Waals surface area contributed by atoms with Crippen LogP contribution in [0, 0.1) is 19.3 Å². The molecule has 3 heterocycles. The average Bonchev–Trinajstić information content (AvgIpc) is 3.04. The van der Waals surface area contributed by atoms with Gasteiger partial charge in [-0.1, -0.05) is 86.6 Å². The zero-order valence-electron chi connectivity index (χ0n) is 29.8. The third-order valence-electron chi connectivity index (χ3n) is 10.0. The fraction of sp³-hybridized carbons (Fsp3) is 0.429. The Morgan fingerprint density at radius 1 is 0.875 bits per heavy atom. The number of nitrogens with zero attached hydrogens (tertiary/aromatic N) is 3. The van der Waals surface area contributed by atoms with Crippen molar-refractivity contribution in [2.24, 2.45) is 5.41 Å². The summed E-state index contributed by atoms with van der Waals surface area (Å²) >= 11 is 0. The molecule has 0 bridgehead atoms. The number of piperidine rings is 1. The van der Waals surface area contributed by atoms with Gasteiger partial charge in [0, 0.05) is 55.2 Å². The van der Waals surface area contributed by atoms with Crippen LogP contribution >= 0.6 is 0 Å². The van der Waals surface area contributed by atoms with Gasteiger partial charge in [-0.3, -0.25) is 9.88 Å². The molecule has 2 aliphatic rings. The third kappa shape index (κ3) is 7.50. The summed E-state index contributed by atoms with van der Waals surface area (Å²) in [4.78, 5) is 22.8. The van der Waals surface area contributed by atoms with Gasteiger partial charge in [0.1, 0.15) is 0 Å². The summed E-state index contributed by atoms with van der Waals surface area (Å²) in [6, 6.07) is 26.3. The van der Waals surface area contributed by atoms with E-state index in [4.69, 9.17) is 9.72 Å². The van der Waals surface area contributed by atoms with Crippen molar-refractivity contribution in [1.82, 2.24) is 9.88 Å². The van der Waals surface area contributed by atoms with Gasteiger partial charge in [-0.05, 0) is 92.7 Å². The minimum atomic E-state index is -1.12. The predicted molar refractivity (Wildman–Crippen MR) is 195 cm³/mol. The largest absolute Gasteiger partial charge is 0.479 e. The number of benzene rings is 3. The van der Waals surface area contributed by atoms with Crippen LogP contribution in [0.5, 0.6) is 0 Å². The third-order valence-corrected chi connectivity index (χ3v) is 10.0. The summed E-state index contributed by atoms with van der Waals surface area (Å²) in [5, 5.41) is 10.5. The average molecular weight is 646 g/mol. The quantitative estimate of drug-likeness (QED) is 0.206. The maximum atomic E-state index is 12.9. The molecule has 2 aliphatic heterocycles. The lowest BCUT2D eigenvalue weighted by Gasteiger charge is -2.41. The van der Waals surface area contributed by atoms with Crippen molar-refractivity contribution < 1.29 is 14.6 Å². The Morgan fingerprint density at radius 3 is 2.17 bits per heavy atom. The molecule has 1 aromatic heterocycles. The Morgan fingerprint density at radius 2 is 1.52 bits per heavy atom. The van der Waals surface area contributed by atoms with Crippen LogP contribution < -0.4 is 4.90 Å². The molecule has 6 nitrogen and oxygen atoms in total. The molecule has 1 fully saturated rings. The highest BCUT2D eigenvalue weighted by Gasteiger charge is 2.36. The lowest BCUT2D eigenvalue weighted by atomic mass is 9.81. The maximum Gasteiger partial charge on any atom is 0.337 e. The zero-order chi connectivity index (χ0) is 34.2. The standard InChI is InChI=1S/C42H51N3O3/c1-28-36(38(45-23-20-42(6,7)21-24-45)37(29(2)43-28)39(40(46)47)48-41(3,4)5)34-17-18-35-27-44(22-19-33(35)25-34)26-30-13-15-32(16-14-30)31-11-9-8-10-12-31/h8-18,25,39H,19-24,26-27H2,1-7H3,(H,46,47). The van der Waals surface area contributed by atoms with Crippen LogP contribution in [0.4, 0.5) is 5.69 Å². The van der Waals surface area contributed by atoms with Crippen LogP contribution in [0.25, 0.3) is 22.3 Å². The minimum Gasteiger partial charge on any atom is -0.479 e. The highest BCUT2D eigenvalue weighted by atomic mass is 16.5. The van der Waals surface area contributed by atoms with E-state index >= 15 is 0 Å². The van der Waals surface area contributed by atoms with E-state index in [1.165, 1.54) is 27.8 Å². The first-order chi connectivity index (χ1) is 22.8. The number of aryl methyl sites for hydroxylation is 2. The molecule has 0 aliphatic carbocycles. The summed E-state index contributed by atoms with van der Waals surface area (Å²) in [7, 11) is 0. The molecule has 0 saturated carbocycles. The first-order valence-electron chi connectivity index (χ1n) is 17.4. The topological polar surface area (TPSA) is 65.9 Å². The normalized spacial score (nSPS) is 17.2. The van der Waals surface area contributed by atoms with E-state index in [0.717, 1.165) is 80.2 Å². The SMILES string of the molecule is Cc1nc(C)c(C(OC(C)(C)C)C(=O)O)c(N2CCC(C)(C)CC2)c1-c1ccc2c(c1)CCN(Cc1ccc(-c3ccccc3)cc1)C2. The van der Waals surface area contributed by atoms with E-state index in [-0.39, 0.29) is 5.41 Å². The second-order valence-corrected chi connectivity index (χ2v) is 15.5. The molecule has 6 rings (SSSR count). The summed E-state index contributed by atoms with van der Waals surface area (Å²) in [6.07, 6.45) is 1.93. The van der Waals surface area contributed by atoms with Crippen molar-refractivity contribution in [3.63, 3.8) is 0 Å². The molecule has 48 heavy (non-hydrogen) atoms. The van der Waals surface area contributed by atoms with Gasteiger partial charge in [-0.25, -0.2) is 4.79 Å². The molecule has 0 amide bonds. The molecule has 0 spiro atoms. The number of fused-ring (bicyclic) bond motifs is 1. The summed E-state index contributed by atoms with van der Waals surface area (Å²) in [5.74, 6) is -0.983. The number of ether oxygens (including phenoxy) is 1. The van der Waals surface area contributed by atoms with Gasteiger partial charge in [0.2, 0.25) is 0 Å². The van der Waals surface area contributed by atoms with Crippen LogP contribution in [0.1, 0.15) is 87.2 Å². The Labute approximate surface area is 286 Å². The number of aliphatic carboxylic acids is 1. The summed E-state index contributed by atoms with van der Waals surface area (Å²) < 4.78 is 6.28. The van der Waals surface area contributed by atoms with E-state index in [1.807, 2.05) is 27.7 Å². The van der Waals surface area contributed by atoms with Crippen LogP contribution in [-0.2, 0) is 29.0 Å². The Balaban J connectivity index is 1.32. The number of aromatic nitrogens is 1. The lowest BCUT2D eigenvalue weighted by Crippen LogP contribution is -2.39. The van der Waals surface area contributed by atoms with E-state index in [2.05, 4.69) is 103 Å². The highest BCUT2D eigenvalue weighted by Crippen LogP contribution is 2.45. The van der Waals surface area contributed by atoms with Crippen molar-refractivity contribution in [2.75, 3.05) is 24.5 Å². The van der Waals surface area contributed by atoms with Gasteiger partial charge < -0.3 is 14.7 Å². The van der Waals surface area contributed by atoms with Gasteiger partial charge in [-0.15, -0.1) is 0 Å². The molecule has 0 radical (unpaired) electrons. The van der Waals surface area contributed by atoms with Crippen LogP contribution in [0.3, 0.4) is 0 Å². The molecular weight excluding hydrogens is 594 g/mol. The summed E-state index contributed by atoms with van der Waals surface area (Å²) in [6.45, 7) is 18.9. The zero-order valence-corrected chi connectivity index (χ0v) is 29.8. The minimum absolute atomic E-state index is 0.254. The van der Waals surface area contributed by atoms with E-state index in [1.54, 1.807) is 0 Å². The first-order valence-corrected chi connectivity index (χ1v) is 17.4. The van der Waals surface area contributed by atoms with Crippen molar-refractivity contribution >= 4 is 11.7 Å². The smallest absolute Gasteiger partial charge is 0.337 e. The Bertz CT molecular complexity index is 1760. The van der Waals surface area contributed by atoms with Gasteiger partial charge in [0.25, 0.3) is 0 Å². The molecule has 1 saturated heterocycles. The number of hydrogen-bond donors (Lipinski definition) is 1. The monoisotopic (exact) mass is 645 g/mol. The van der Waals surface area contributed by atoms with Crippen LogP contribution in [-0.4, -0.2) is 46.2 Å². The van der Waals surface area contributed by atoms with Crippen molar-refractivity contribution in [3.8, 4) is 22.3 Å². The number of carboxylic acid groups (broad SMARTS) is 1. The first kappa shape index (κ1) is 33.9. The molecule has 4 aromatic rings. The second kappa shape index (κ2) is 13.5. The Hall–Kier alpha value is -4.00. The number of carbonyl (C=O) groups is 1. The number of rotatable bonds is 8. The van der Waals surface area contributed by atoms with E-state index < -0.39 is 17.7 Å². The van der Waals surface area contributed by atoms with Crippen molar-refractivity contribution in [2.45, 2.75) is 92.5 Å². The van der Waals surface area contributed by atoms with Gasteiger partial charge in [0.05, 0.1) is 11.3 Å². The molecule has 1 unspecified atom stereocenters. The molecule has 3 aromatic carbocycles. The fourth-order valence-electron chi connectivity index (χ4n) is 7.35. The molecular formula is C42H51N3O3. The van der Waals surface area contributed by atoms with Gasteiger partial charge in [-0.2, -0.15) is 0 Å². The van der Waals surface area contributed by atoms with E-state index in [0.29, 0.717) is 5.56 Å². The second-order valence-electron chi connectivity index (χ2n) is 15.5. The van der Waals surface area contributed by atoms with Crippen LogP contribution in [0.15, 0.2) is 72.8 Å². The summed E-state index contributed by atoms with van der Waals surface area (Å²) in [5.41, 5.74) is 11.6. The maximum absolute atomic E-state index is 12.9. The number of carboxylic acids is 1. The number of hydrogen-bond acceptors (Lipinski definition) is 5. The lowest BCUT2D eigenvalue weighted by molar-refractivity contribution is -0.160. The number of pyridine rings is 1. The van der Waals surface area contributed by atoms with Crippen LogP contribution in [0.2, 0.25) is 0 Å². The van der Waals surface area contributed by atoms with E-state index in [9.17, 15) is 9.90 Å². The molecule has 1 N–H and O–H groups in total. The predicted octanol–water partition coefficient (Wildman–Crippen LogP) is 9.16. The molecule has 252 valence electrons.